The molecule has 1 N–H and O–H groups in total. The van der Waals surface area contributed by atoms with Crippen molar-refractivity contribution in [1.29, 1.82) is 0 Å². The highest BCUT2D eigenvalue weighted by molar-refractivity contribution is 6.11. The number of aliphatic carboxylic acids is 1. The fraction of sp³-hybridized carbons (Fsp3) is 0.212. The predicted molar refractivity (Wildman–Crippen MR) is 157 cm³/mol. The number of ether oxygens (including phenoxy) is 4. The van der Waals surface area contributed by atoms with Gasteiger partial charge < -0.3 is 28.6 Å². The van der Waals surface area contributed by atoms with Gasteiger partial charge in [-0.1, -0.05) is 48.5 Å². The van der Waals surface area contributed by atoms with E-state index in [1.165, 1.54) is 0 Å². The lowest BCUT2D eigenvalue weighted by Gasteiger charge is -2.16. The first-order chi connectivity index (χ1) is 20.0. The Hall–Kier alpha value is -4.98. The highest BCUT2D eigenvalue weighted by atomic mass is 16.5. The van der Waals surface area contributed by atoms with Gasteiger partial charge in [-0.15, -0.1) is 0 Å². The Morgan fingerprint density at radius 3 is 2.49 bits per heavy atom. The third-order valence-corrected chi connectivity index (χ3v) is 7.23. The Morgan fingerprint density at radius 2 is 1.68 bits per heavy atom. The number of para-hydroxylation sites is 1. The summed E-state index contributed by atoms with van der Waals surface area (Å²) in [5.74, 6) is 1.44. The van der Waals surface area contributed by atoms with E-state index in [1.807, 2.05) is 85.8 Å². The summed E-state index contributed by atoms with van der Waals surface area (Å²) in [6.45, 7) is 2.53. The summed E-state index contributed by atoms with van der Waals surface area (Å²) in [6.07, 6.45) is -0.102. The highest BCUT2D eigenvalue weighted by Crippen LogP contribution is 2.37. The van der Waals surface area contributed by atoms with Crippen LogP contribution >= 0.6 is 0 Å². The van der Waals surface area contributed by atoms with Crippen molar-refractivity contribution in [2.24, 2.45) is 4.99 Å². The molecule has 2 heterocycles. The zero-order valence-corrected chi connectivity index (χ0v) is 22.8. The van der Waals surface area contributed by atoms with Gasteiger partial charge in [0.1, 0.15) is 24.5 Å². The Kier molecular flexibility index (Phi) is 7.20. The zero-order chi connectivity index (χ0) is 28.3. The van der Waals surface area contributed by atoms with Gasteiger partial charge >= 0.3 is 5.97 Å². The highest BCUT2D eigenvalue weighted by Gasteiger charge is 2.29. The number of aliphatic imine (C=N–C) groups is 1. The molecule has 6 rings (SSSR count). The minimum atomic E-state index is -1.02. The van der Waals surface area contributed by atoms with E-state index >= 15 is 0 Å². The number of aromatic nitrogens is 1. The lowest BCUT2D eigenvalue weighted by Crippen LogP contribution is -2.25. The van der Waals surface area contributed by atoms with Gasteiger partial charge in [0.05, 0.1) is 12.6 Å². The third kappa shape index (κ3) is 5.28. The van der Waals surface area contributed by atoms with Crippen molar-refractivity contribution >= 4 is 33.7 Å². The number of carboxylic acid groups (broad SMARTS) is 1. The molecule has 41 heavy (non-hydrogen) atoms. The first kappa shape index (κ1) is 26.3. The van der Waals surface area contributed by atoms with E-state index < -0.39 is 12.6 Å². The van der Waals surface area contributed by atoms with Crippen LogP contribution in [0, 0.1) is 0 Å². The van der Waals surface area contributed by atoms with Crippen molar-refractivity contribution in [2.45, 2.75) is 25.6 Å². The molecule has 0 bridgehead atoms. The van der Waals surface area contributed by atoms with E-state index in [1.54, 1.807) is 13.2 Å². The first-order valence-electron chi connectivity index (χ1n) is 13.5. The van der Waals surface area contributed by atoms with Gasteiger partial charge in [0.15, 0.2) is 18.1 Å². The molecular weight excluding hydrogens is 520 g/mol. The molecule has 0 spiro atoms. The molecule has 1 aromatic heterocycles. The second-order valence-corrected chi connectivity index (χ2v) is 9.92. The van der Waals surface area contributed by atoms with Crippen LogP contribution in [0.1, 0.15) is 18.1 Å². The van der Waals surface area contributed by atoms with E-state index in [0.717, 1.165) is 32.9 Å². The van der Waals surface area contributed by atoms with Crippen LogP contribution in [0.25, 0.3) is 21.8 Å². The molecule has 4 aromatic carbocycles. The molecule has 2 atom stereocenters. The van der Waals surface area contributed by atoms with Crippen LogP contribution in [0.2, 0.25) is 0 Å². The number of hydrogen-bond donors (Lipinski definition) is 1. The summed E-state index contributed by atoms with van der Waals surface area (Å²) in [6, 6.07) is 29.4. The number of benzene rings is 4. The van der Waals surface area contributed by atoms with Crippen LogP contribution in [-0.4, -0.2) is 54.0 Å². The Labute approximate surface area is 237 Å². The van der Waals surface area contributed by atoms with Gasteiger partial charge in [-0.2, -0.15) is 0 Å². The van der Waals surface area contributed by atoms with Crippen LogP contribution in [-0.2, 0) is 16.1 Å². The summed E-state index contributed by atoms with van der Waals surface area (Å²) in [5, 5.41) is 11.0. The van der Waals surface area contributed by atoms with Gasteiger partial charge in [0, 0.05) is 28.4 Å². The lowest BCUT2D eigenvalue weighted by molar-refractivity contribution is -0.139. The summed E-state index contributed by atoms with van der Waals surface area (Å²) in [7, 11) is 1.63. The smallest absolute Gasteiger partial charge is 0.341 e. The Bertz CT molecular complexity index is 1740. The van der Waals surface area contributed by atoms with Gasteiger partial charge in [0.2, 0.25) is 5.90 Å². The maximum Gasteiger partial charge on any atom is 0.341 e. The number of methoxy groups -OCH3 is 1. The first-order valence-corrected chi connectivity index (χ1v) is 13.5. The SMILES string of the molecule is COc1cc(Cn2c3ccccc3c3c(OCC(=O)O)cccc32)ccc1OCC1N=C(c2ccccc2)OC1C. The van der Waals surface area contributed by atoms with Crippen LogP contribution in [0.3, 0.4) is 0 Å². The molecule has 1 aliphatic heterocycles. The average molecular weight is 551 g/mol. The number of carbonyl (C=O) groups is 1. The van der Waals surface area contributed by atoms with Crippen molar-refractivity contribution in [3.63, 3.8) is 0 Å². The number of carboxylic acids is 1. The van der Waals surface area contributed by atoms with E-state index in [-0.39, 0.29) is 12.1 Å². The van der Waals surface area contributed by atoms with Gasteiger partial charge in [-0.05, 0) is 55.0 Å². The fourth-order valence-electron chi connectivity index (χ4n) is 5.22. The maximum absolute atomic E-state index is 11.2. The van der Waals surface area contributed by atoms with Crippen molar-refractivity contribution in [3.8, 4) is 17.2 Å². The summed E-state index contributed by atoms with van der Waals surface area (Å²) < 4.78 is 25.7. The van der Waals surface area contributed by atoms with E-state index in [2.05, 4.69) is 10.6 Å². The van der Waals surface area contributed by atoms with Crippen LogP contribution in [0.5, 0.6) is 17.2 Å². The van der Waals surface area contributed by atoms with Crippen LogP contribution in [0.15, 0.2) is 96.0 Å². The molecule has 5 aromatic rings. The van der Waals surface area contributed by atoms with Crippen LogP contribution in [0.4, 0.5) is 0 Å². The second-order valence-electron chi connectivity index (χ2n) is 9.92. The number of nitrogens with zero attached hydrogens (tertiary/aromatic N) is 2. The lowest BCUT2D eigenvalue weighted by atomic mass is 10.1. The van der Waals surface area contributed by atoms with Gasteiger partial charge in [0.25, 0.3) is 0 Å². The number of fused-ring (bicyclic) bond motifs is 3. The quantitative estimate of drug-likeness (QED) is 0.232. The van der Waals surface area contributed by atoms with Crippen LogP contribution < -0.4 is 14.2 Å². The molecule has 8 nitrogen and oxygen atoms in total. The Morgan fingerprint density at radius 1 is 0.902 bits per heavy atom. The molecule has 0 saturated heterocycles. The molecule has 1 aliphatic rings. The monoisotopic (exact) mass is 550 g/mol. The topological polar surface area (TPSA) is 91.5 Å². The normalized spacial score (nSPS) is 16.4. The van der Waals surface area contributed by atoms with Gasteiger partial charge in [-0.3, -0.25) is 0 Å². The largest absolute Gasteiger partial charge is 0.493 e. The maximum atomic E-state index is 11.2. The van der Waals surface area contributed by atoms with E-state index in [4.69, 9.17) is 29.0 Å². The minimum Gasteiger partial charge on any atom is -0.493 e. The van der Waals surface area contributed by atoms with E-state index in [9.17, 15) is 4.79 Å². The second kappa shape index (κ2) is 11.3. The number of hydrogen-bond acceptors (Lipinski definition) is 6. The van der Waals surface area contributed by atoms with Gasteiger partial charge in [-0.25, -0.2) is 9.79 Å². The fourth-order valence-corrected chi connectivity index (χ4v) is 5.22. The summed E-state index contributed by atoms with van der Waals surface area (Å²) >= 11 is 0. The van der Waals surface area contributed by atoms with Crippen molar-refractivity contribution in [3.05, 3.63) is 102 Å². The molecule has 0 saturated carbocycles. The molecule has 0 aliphatic carbocycles. The molecule has 0 fully saturated rings. The van der Waals surface area contributed by atoms with E-state index in [0.29, 0.717) is 36.3 Å². The molecule has 208 valence electrons. The minimum absolute atomic E-state index is 0.102. The molecule has 0 amide bonds. The van der Waals surface area contributed by atoms with Crippen molar-refractivity contribution < 1.29 is 28.8 Å². The standard InChI is InChI=1S/C33H30N2O6/c1-21-25(34-33(41-21)23-9-4-3-5-10-23)19-39-28-16-15-22(17-30(28)38-2)18-35-26-12-7-6-11-24(26)32-27(35)13-8-14-29(32)40-20-31(36)37/h3-17,21,25H,18-20H2,1-2H3,(H,36,37). The molecule has 8 heteroatoms. The Balaban J connectivity index is 1.25. The van der Waals surface area contributed by atoms with Crippen molar-refractivity contribution in [1.82, 2.24) is 4.57 Å². The molecule has 2 unspecified atom stereocenters. The number of rotatable bonds is 10. The summed E-state index contributed by atoms with van der Waals surface area (Å²) in [4.78, 5) is 15.9. The average Bonchev–Trinajstić information content (AvgIpc) is 3.53. The molecule has 0 radical (unpaired) electrons. The predicted octanol–water partition coefficient (Wildman–Crippen LogP) is 5.93. The van der Waals surface area contributed by atoms with Crippen molar-refractivity contribution in [2.75, 3.05) is 20.3 Å². The third-order valence-electron chi connectivity index (χ3n) is 7.23. The zero-order valence-electron chi connectivity index (χ0n) is 22.8. The molecular formula is C33H30N2O6. The summed E-state index contributed by atoms with van der Waals surface area (Å²) in [5.41, 5.74) is 3.95.